The zero-order valence-corrected chi connectivity index (χ0v) is 11.8. The third-order valence-corrected chi connectivity index (χ3v) is 3.75. The molecule has 1 aliphatic rings. The first kappa shape index (κ1) is 14.5. The van der Waals surface area contributed by atoms with E-state index < -0.39 is 11.8 Å². The maximum Gasteiger partial charge on any atom is 0.316 e. The average molecular weight is 276 g/mol. The van der Waals surface area contributed by atoms with Gasteiger partial charge in [-0.15, -0.1) is 0 Å². The maximum atomic E-state index is 12.2. The van der Waals surface area contributed by atoms with Crippen molar-refractivity contribution < 1.29 is 14.7 Å². The second-order valence-electron chi connectivity index (χ2n) is 5.04. The Balaban J connectivity index is 2.13. The molecular weight excluding hydrogens is 256 g/mol. The molecule has 0 spiro atoms. The van der Waals surface area contributed by atoms with E-state index in [0.29, 0.717) is 13.0 Å². The second kappa shape index (κ2) is 6.05. The van der Waals surface area contributed by atoms with Crippen LogP contribution in [-0.2, 0) is 16.0 Å². The molecule has 0 aliphatic carbocycles. The van der Waals surface area contributed by atoms with Gasteiger partial charge in [-0.25, -0.2) is 0 Å². The van der Waals surface area contributed by atoms with Crippen LogP contribution in [0.3, 0.4) is 0 Å². The predicted octanol–water partition coefficient (Wildman–Crippen LogP) is 0.771. The van der Waals surface area contributed by atoms with Crippen LogP contribution in [0.1, 0.15) is 24.5 Å². The Labute approximate surface area is 118 Å². The highest BCUT2D eigenvalue weighted by atomic mass is 16.3. The SMILES string of the molecule is CCC(CO)NC(=O)C(=O)N1CCc2c(C)cccc21. The number of aliphatic hydroxyl groups excluding tert-OH is 1. The van der Waals surface area contributed by atoms with Gasteiger partial charge >= 0.3 is 11.8 Å². The summed E-state index contributed by atoms with van der Waals surface area (Å²) in [7, 11) is 0. The van der Waals surface area contributed by atoms with Gasteiger partial charge in [0.05, 0.1) is 12.6 Å². The molecular formula is C15H20N2O3. The third-order valence-electron chi connectivity index (χ3n) is 3.75. The summed E-state index contributed by atoms with van der Waals surface area (Å²) in [5, 5.41) is 11.6. The Hall–Kier alpha value is -1.88. The fraction of sp³-hybridized carbons (Fsp3) is 0.467. The molecule has 1 aromatic carbocycles. The molecule has 0 bridgehead atoms. The largest absolute Gasteiger partial charge is 0.394 e. The number of aliphatic hydroxyl groups is 1. The lowest BCUT2D eigenvalue weighted by molar-refractivity contribution is -0.138. The molecule has 1 aromatic rings. The first-order chi connectivity index (χ1) is 9.58. The van der Waals surface area contributed by atoms with Crippen LogP contribution >= 0.6 is 0 Å². The number of hydrogen-bond donors (Lipinski definition) is 2. The molecule has 1 atom stereocenters. The van der Waals surface area contributed by atoms with Crippen molar-refractivity contribution in [2.24, 2.45) is 0 Å². The van der Waals surface area contributed by atoms with E-state index in [-0.39, 0.29) is 12.6 Å². The summed E-state index contributed by atoms with van der Waals surface area (Å²) in [4.78, 5) is 25.7. The number of anilines is 1. The summed E-state index contributed by atoms with van der Waals surface area (Å²) in [5.74, 6) is -1.21. The molecule has 0 saturated heterocycles. The minimum Gasteiger partial charge on any atom is -0.394 e. The molecule has 0 fully saturated rings. The number of nitrogens with one attached hydrogen (secondary N) is 1. The molecule has 20 heavy (non-hydrogen) atoms. The van der Waals surface area contributed by atoms with Crippen molar-refractivity contribution in [2.75, 3.05) is 18.1 Å². The molecule has 2 rings (SSSR count). The Morgan fingerprint density at radius 1 is 1.45 bits per heavy atom. The highest BCUT2D eigenvalue weighted by Crippen LogP contribution is 2.30. The third kappa shape index (κ3) is 2.67. The Morgan fingerprint density at radius 3 is 2.85 bits per heavy atom. The van der Waals surface area contributed by atoms with Crippen LogP contribution < -0.4 is 10.2 Å². The van der Waals surface area contributed by atoms with Crippen molar-refractivity contribution in [3.05, 3.63) is 29.3 Å². The molecule has 1 unspecified atom stereocenters. The van der Waals surface area contributed by atoms with E-state index in [4.69, 9.17) is 5.11 Å². The van der Waals surface area contributed by atoms with Crippen molar-refractivity contribution in [3.63, 3.8) is 0 Å². The van der Waals surface area contributed by atoms with E-state index in [9.17, 15) is 9.59 Å². The zero-order valence-electron chi connectivity index (χ0n) is 11.8. The van der Waals surface area contributed by atoms with Gasteiger partial charge in [-0.1, -0.05) is 19.1 Å². The van der Waals surface area contributed by atoms with Crippen LogP contribution in [-0.4, -0.2) is 36.1 Å². The highest BCUT2D eigenvalue weighted by Gasteiger charge is 2.30. The van der Waals surface area contributed by atoms with Crippen molar-refractivity contribution in [3.8, 4) is 0 Å². The number of rotatable bonds is 3. The first-order valence-corrected chi connectivity index (χ1v) is 6.90. The van der Waals surface area contributed by atoms with Gasteiger partial charge in [0.1, 0.15) is 0 Å². The van der Waals surface area contributed by atoms with Crippen molar-refractivity contribution in [2.45, 2.75) is 32.7 Å². The molecule has 0 saturated carbocycles. The van der Waals surface area contributed by atoms with Crippen molar-refractivity contribution >= 4 is 17.5 Å². The van der Waals surface area contributed by atoms with E-state index in [0.717, 1.165) is 23.2 Å². The quantitative estimate of drug-likeness (QED) is 0.801. The summed E-state index contributed by atoms with van der Waals surface area (Å²) in [5.41, 5.74) is 3.09. The maximum absolute atomic E-state index is 12.2. The molecule has 5 nitrogen and oxygen atoms in total. The Bertz CT molecular complexity index is 524. The van der Waals surface area contributed by atoms with Crippen LogP contribution in [0.5, 0.6) is 0 Å². The normalized spacial score (nSPS) is 14.8. The molecule has 2 N–H and O–H groups in total. The van der Waals surface area contributed by atoms with Gasteiger partial charge < -0.3 is 15.3 Å². The lowest BCUT2D eigenvalue weighted by atomic mass is 10.1. The number of benzene rings is 1. The monoisotopic (exact) mass is 276 g/mol. The van der Waals surface area contributed by atoms with E-state index in [2.05, 4.69) is 5.32 Å². The Morgan fingerprint density at radius 2 is 2.20 bits per heavy atom. The Kier molecular flexibility index (Phi) is 4.39. The van der Waals surface area contributed by atoms with Gasteiger partial charge in [0.2, 0.25) is 0 Å². The van der Waals surface area contributed by atoms with Crippen LogP contribution in [0.2, 0.25) is 0 Å². The van der Waals surface area contributed by atoms with Crippen LogP contribution in [0, 0.1) is 6.92 Å². The van der Waals surface area contributed by atoms with Crippen LogP contribution in [0.15, 0.2) is 18.2 Å². The summed E-state index contributed by atoms with van der Waals surface area (Å²) in [6.07, 6.45) is 1.36. The number of fused-ring (bicyclic) bond motifs is 1. The molecule has 0 aromatic heterocycles. The van der Waals surface area contributed by atoms with Crippen molar-refractivity contribution in [1.82, 2.24) is 5.32 Å². The number of aryl methyl sites for hydroxylation is 1. The summed E-state index contributed by atoms with van der Waals surface area (Å²) >= 11 is 0. The number of nitrogens with zero attached hydrogens (tertiary/aromatic N) is 1. The fourth-order valence-electron chi connectivity index (χ4n) is 2.47. The summed E-state index contributed by atoms with van der Waals surface area (Å²) in [6, 6.07) is 5.39. The second-order valence-corrected chi connectivity index (χ2v) is 5.04. The standard InChI is InChI=1S/C15H20N2O3/c1-3-11(9-18)16-14(19)15(20)17-8-7-12-10(2)5-4-6-13(12)17/h4-6,11,18H,3,7-9H2,1-2H3,(H,16,19). The van der Waals surface area contributed by atoms with Gasteiger partial charge in [0.15, 0.2) is 0 Å². The smallest absolute Gasteiger partial charge is 0.316 e. The molecule has 1 aliphatic heterocycles. The number of carbonyl (C=O) groups is 2. The van der Waals surface area contributed by atoms with E-state index >= 15 is 0 Å². The van der Waals surface area contributed by atoms with Crippen LogP contribution in [0.25, 0.3) is 0 Å². The average Bonchev–Trinajstić information content (AvgIpc) is 2.89. The minimum absolute atomic E-state index is 0.161. The number of carbonyl (C=O) groups excluding carboxylic acids is 2. The van der Waals surface area contributed by atoms with Gasteiger partial charge in [0.25, 0.3) is 0 Å². The lowest BCUT2D eigenvalue weighted by Gasteiger charge is -2.19. The minimum atomic E-state index is -0.653. The van der Waals surface area contributed by atoms with Gasteiger partial charge in [-0.05, 0) is 37.0 Å². The first-order valence-electron chi connectivity index (χ1n) is 6.90. The van der Waals surface area contributed by atoms with E-state index in [1.165, 1.54) is 4.90 Å². The van der Waals surface area contributed by atoms with Gasteiger partial charge in [0, 0.05) is 12.2 Å². The fourth-order valence-corrected chi connectivity index (χ4v) is 2.47. The van der Waals surface area contributed by atoms with Gasteiger partial charge in [-0.3, -0.25) is 9.59 Å². The van der Waals surface area contributed by atoms with Gasteiger partial charge in [-0.2, -0.15) is 0 Å². The summed E-state index contributed by atoms with van der Waals surface area (Å²) < 4.78 is 0. The lowest BCUT2D eigenvalue weighted by Crippen LogP contribution is -2.47. The predicted molar refractivity (Wildman–Crippen MR) is 76.5 cm³/mol. The number of hydrogen-bond acceptors (Lipinski definition) is 3. The van der Waals surface area contributed by atoms with E-state index in [1.807, 2.05) is 32.0 Å². The number of amides is 2. The topological polar surface area (TPSA) is 69.6 Å². The summed E-state index contributed by atoms with van der Waals surface area (Å²) in [6.45, 7) is 4.22. The zero-order chi connectivity index (χ0) is 14.7. The van der Waals surface area contributed by atoms with E-state index in [1.54, 1.807) is 0 Å². The molecule has 1 heterocycles. The highest BCUT2D eigenvalue weighted by molar-refractivity contribution is 6.40. The molecule has 108 valence electrons. The van der Waals surface area contributed by atoms with Crippen LogP contribution in [0.4, 0.5) is 5.69 Å². The molecule has 5 heteroatoms. The molecule has 2 amide bonds. The van der Waals surface area contributed by atoms with Crippen molar-refractivity contribution in [1.29, 1.82) is 0 Å². The molecule has 0 radical (unpaired) electrons.